The van der Waals surface area contributed by atoms with Crippen LogP contribution in [0.3, 0.4) is 0 Å². The standard InChI is InChI=1S/C22H27Cl2N3O5S/c1-5-18(22(29)25-2)26(13-15-9-11-16(32-3)12-10-15)20(28)14-27(33(4,30)31)19-8-6-7-17(23)21(19)24/h6-12,18H,5,13-14H2,1-4H3,(H,25,29)/t18-/m0/s1. The highest BCUT2D eigenvalue weighted by atomic mass is 35.5. The molecular formula is C22H27Cl2N3O5S. The van der Waals surface area contributed by atoms with Gasteiger partial charge in [0, 0.05) is 13.6 Å². The summed E-state index contributed by atoms with van der Waals surface area (Å²) in [6, 6.07) is 10.8. The second-order valence-corrected chi connectivity index (χ2v) is 9.94. The van der Waals surface area contributed by atoms with Crippen molar-refractivity contribution in [1.29, 1.82) is 0 Å². The largest absolute Gasteiger partial charge is 0.497 e. The molecule has 11 heteroatoms. The monoisotopic (exact) mass is 515 g/mol. The van der Waals surface area contributed by atoms with Crippen molar-refractivity contribution in [3.8, 4) is 5.75 Å². The second kappa shape index (κ2) is 11.6. The zero-order valence-electron chi connectivity index (χ0n) is 18.8. The van der Waals surface area contributed by atoms with Gasteiger partial charge in [0.1, 0.15) is 18.3 Å². The summed E-state index contributed by atoms with van der Waals surface area (Å²) in [5, 5.41) is 2.73. The first-order valence-corrected chi connectivity index (χ1v) is 12.7. The Hall–Kier alpha value is -2.49. The van der Waals surface area contributed by atoms with Crippen molar-refractivity contribution in [2.45, 2.75) is 25.9 Å². The lowest BCUT2D eigenvalue weighted by atomic mass is 10.1. The predicted octanol–water partition coefficient (Wildman–Crippen LogP) is 3.32. The second-order valence-electron chi connectivity index (χ2n) is 7.25. The molecule has 0 aliphatic rings. The molecule has 2 aromatic rings. The summed E-state index contributed by atoms with van der Waals surface area (Å²) in [5.74, 6) is -0.275. The van der Waals surface area contributed by atoms with Crippen molar-refractivity contribution in [3.63, 3.8) is 0 Å². The number of sulfonamides is 1. The molecule has 0 fully saturated rings. The van der Waals surface area contributed by atoms with Gasteiger partial charge in [0.15, 0.2) is 0 Å². The highest BCUT2D eigenvalue weighted by molar-refractivity contribution is 7.92. The van der Waals surface area contributed by atoms with Crippen LogP contribution in [0.15, 0.2) is 42.5 Å². The third-order valence-corrected chi connectivity index (χ3v) is 6.96. The van der Waals surface area contributed by atoms with E-state index in [1.165, 1.54) is 24.1 Å². The average molecular weight is 516 g/mol. The van der Waals surface area contributed by atoms with Crippen molar-refractivity contribution in [2.75, 3.05) is 31.3 Å². The number of likely N-dealkylation sites (N-methyl/N-ethyl adjacent to an activating group) is 1. The van der Waals surface area contributed by atoms with Gasteiger partial charge in [-0.2, -0.15) is 0 Å². The number of carbonyl (C=O) groups is 2. The third kappa shape index (κ3) is 6.75. The van der Waals surface area contributed by atoms with Crippen LogP contribution in [-0.2, 0) is 26.2 Å². The Morgan fingerprint density at radius 3 is 2.27 bits per heavy atom. The molecular weight excluding hydrogens is 489 g/mol. The van der Waals surface area contributed by atoms with E-state index >= 15 is 0 Å². The highest BCUT2D eigenvalue weighted by Crippen LogP contribution is 2.33. The Morgan fingerprint density at radius 2 is 1.76 bits per heavy atom. The first kappa shape index (κ1) is 26.8. The number of hydrogen-bond donors (Lipinski definition) is 1. The van der Waals surface area contributed by atoms with Crippen LogP contribution in [0.25, 0.3) is 0 Å². The third-order valence-electron chi connectivity index (χ3n) is 5.02. The van der Waals surface area contributed by atoms with Gasteiger partial charge in [-0.05, 0) is 36.2 Å². The summed E-state index contributed by atoms with van der Waals surface area (Å²) in [6.45, 7) is 1.31. The molecule has 33 heavy (non-hydrogen) atoms. The van der Waals surface area contributed by atoms with E-state index in [0.717, 1.165) is 16.1 Å². The van der Waals surface area contributed by atoms with Gasteiger partial charge in [0.25, 0.3) is 0 Å². The van der Waals surface area contributed by atoms with E-state index in [1.807, 2.05) is 0 Å². The fourth-order valence-corrected chi connectivity index (χ4v) is 4.60. The topological polar surface area (TPSA) is 96.0 Å². The van der Waals surface area contributed by atoms with Crippen LogP contribution >= 0.6 is 23.2 Å². The number of nitrogens with zero attached hydrogens (tertiary/aromatic N) is 2. The Balaban J connectivity index is 2.46. The molecule has 1 N–H and O–H groups in total. The molecule has 2 amide bonds. The van der Waals surface area contributed by atoms with E-state index in [9.17, 15) is 18.0 Å². The van der Waals surface area contributed by atoms with Crippen LogP contribution in [-0.4, -0.2) is 58.1 Å². The molecule has 8 nitrogen and oxygen atoms in total. The highest BCUT2D eigenvalue weighted by Gasteiger charge is 2.32. The van der Waals surface area contributed by atoms with Crippen molar-refractivity contribution in [2.24, 2.45) is 0 Å². The number of amides is 2. The molecule has 0 radical (unpaired) electrons. The molecule has 0 aliphatic carbocycles. The average Bonchev–Trinajstić information content (AvgIpc) is 2.78. The fraction of sp³-hybridized carbons (Fsp3) is 0.364. The van der Waals surface area contributed by atoms with Crippen molar-refractivity contribution in [1.82, 2.24) is 10.2 Å². The maximum absolute atomic E-state index is 13.5. The number of halogens is 2. The Labute approximate surface area is 204 Å². The Kier molecular flexibility index (Phi) is 9.39. The van der Waals surface area contributed by atoms with Gasteiger partial charge in [-0.3, -0.25) is 13.9 Å². The molecule has 0 saturated heterocycles. The number of methoxy groups -OCH3 is 1. The van der Waals surface area contributed by atoms with E-state index in [2.05, 4.69) is 5.32 Å². The minimum atomic E-state index is -3.90. The van der Waals surface area contributed by atoms with Gasteiger partial charge in [0.05, 0.1) is 29.1 Å². The minimum Gasteiger partial charge on any atom is -0.497 e. The zero-order valence-corrected chi connectivity index (χ0v) is 21.2. The number of rotatable bonds is 10. The number of ether oxygens (including phenoxy) is 1. The summed E-state index contributed by atoms with van der Waals surface area (Å²) in [5.41, 5.74) is 0.829. The van der Waals surface area contributed by atoms with Gasteiger partial charge in [-0.15, -0.1) is 0 Å². The molecule has 2 rings (SSSR count). The minimum absolute atomic E-state index is 0.0115. The lowest BCUT2D eigenvalue weighted by molar-refractivity contribution is -0.140. The smallest absolute Gasteiger partial charge is 0.244 e. The summed E-state index contributed by atoms with van der Waals surface area (Å²) in [6.07, 6.45) is 1.31. The zero-order chi connectivity index (χ0) is 24.8. The quantitative estimate of drug-likeness (QED) is 0.523. The van der Waals surface area contributed by atoms with Crippen LogP contribution in [0.1, 0.15) is 18.9 Å². The maximum Gasteiger partial charge on any atom is 0.244 e. The Bertz CT molecular complexity index is 1090. The molecule has 0 bridgehead atoms. The Morgan fingerprint density at radius 1 is 1.12 bits per heavy atom. The van der Waals surface area contributed by atoms with E-state index < -0.39 is 28.5 Å². The van der Waals surface area contributed by atoms with Crippen molar-refractivity contribution >= 4 is 50.7 Å². The van der Waals surface area contributed by atoms with Crippen LogP contribution in [0.5, 0.6) is 5.75 Å². The van der Waals surface area contributed by atoms with Crippen LogP contribution < -0.4 is 14.4 Å². The maximum atomic E-state index is 13.5. The first-order chi connectivity index (χ1) is 15.5. The summed E-state index contributed by atoms with van der Waals surface area (Å²) < 4.78 is 31.2. The van der Waals surface area contributed by atoms with E-state index in [0.29, 0.717) is 12.2 Å². The lowest BCUT2D eigenvalue weighted by Gasteiger charge is -2.32. The summed E-state index contributed by atoms with van der Waals surface area (Å²) >= 11 is 12.3. The van der Waals surface area contributed by atoms with Gasteiger partial charge in [-0.25, -0.2) is 8.42 Å². The number of benzene rings is 2. The number of nitrogens with one attached hydrogen (secondary N) is 1. The van der Waals surface area contributed by atoms with Crippen molar-refractivity contribution in [3.05, 3.63) is 58.1 Å². The normalized spacial score (nSPS) is 12.1. The molecule has 0 aromatic heterocycles. The van der Waals surface area contributed by atoms with Crippen LogP contribution in [0.4, 0.5) is 5.69 Å². The van der Waals surface area contributed by atoms with Crippen LogP contribution in [0.2, 0.25) is 10.0 Å². The number of anilines is 1. The molecule has 1 atom stereocenters. The lowest BCUT2D eigenvalue weighted by Crippen LogP contribution is -2.51. The van der Waals surface area contributed by atoms with Crippen molar-refractivity contribution < 1.29 is 22.7 Å². The van der Waals surface area contributed by atoms with E-state index in [1.54, 1.807) is 44.4 Å². The van der Waals surface area contributed by atoms with Gasteiger partial charge in [-0.1, -0.05) is 48.3 Å². The predicted molar refractivity (Wildman–Crippen MR) is 130 cm³/mol. The van der Waals surface area contributed by atoms with Crippen LogP contribution in [0, 0.1) is 0 Å². The van der Waals surface area contributed by atoms with E-state index in [-0.39, 0.29) is 28.2 Å². The number of carbonyl (C=O) groups excluding carboxylic acids is 2. The van der Waals surface area contributed by atoms with Gasteiger partial charge in [0.2, 0.25) is 21.8 Å². The molecule has 2 aromatic carbocycles. The number of hydrogen-bond acceptors (Lipinski definition) is 5. The molecule has 180 valence electrons. The van der Waals surface area contributed by atoms with E-state index in [4.69, 9.17) is 27.9 Å². The summed E-state index contributed by atoms with van der Waals surface area (Å²) in [7, 11) is -0.873. The molecule has 0 saturated carbocycles. The van der Waals surface area contributed by atoms with Gasteiger partial charge < -0.3 is 15.0 Å². The molecule has 0 spiro atoms. The van der Waals surface area contributed by atoms with Gasteiger partial charge >= 0.3 is 0 Å². The molecule has 0 heterocycles. The fourth-order valence-electron chi connectivity index (χ4n) is 3.29. The summed E-state index contributed by atoms with van der Waals surface area (Å²) in [4.78, 5) is 27.4. The molecule has 0 aliphatic heterocycles. The molecule has 0 unspecified atom stereocenters. The SMILES string of the molecule is CC[C@@H](C(=O)NC)N(Cc1ccc(OC)cc1)C(=O)CN(c1cccc(Cl)c1Cl)S(C)(=O)=O. The first-order valence-electron chi connectivity index (χ1n) is 10.1.